The number of nitrogens with zero attached hydrogens (tertiary/aromatic N) is 3. The average molecular weight is 332 g/mol. The largest absolute Gasteiger partial charge is 0.497 e. The third kappa shape index (κ3) is 3.97. The summed E-state index contributed by atoms with van der Waals surface area (Å²) < 4.78 is 5.19. The molecule has 1 N–H and O–H groups in total. The Morgan fingerprint density at radius 1 is 1.12 bits per heavy atom. The van der Waals surface area contributed by atoms with E-state index in [1.807, 2.05) is 12.1 Å². The summed E-state index contributed by atoms with van der Waals surface area (Å²) in [6, 6.07) is 8.05. The van der Waals surface area contributed by atoms with E-state index in [4.69, 9.17) is 4.74 Å². The summed E-state index contributed by atoms with van der Waals surface area (Å²) in [5.41, 5.74) is 1.18. The van der Waals surface area contributed by atoms with Gasteiger partial charge in [-0.05, 0) is 24.3 Å². The van der Waals surface area contributed by atoms with E-state index < -0.39 is 0 Å². The molecule has 3 rings (SSSR count). The Balaban J connectivity index is 1.47. The summed E-state index contributed by atoms with van der Waals surface area (Å²) in [6.07, 6.45) is 0. The predicted molar refractivity (Wildman–Crippen MR) is 91.2 cm³/mol. The van der Waals surface area contributed by atoms with Crippen LogP contribution in [0.4, 0.5) is 5.69 Å². The standard InChI is InChI=1S/C17H24N4O3/c1-24-15-4-2-14(3-5-15)20-10-8-19(9-11-20)13-17(23)21-7-6-18-16(22)12-21/h2-5H,6-13H2,1H3,(H,18,22). The highest BCUT2D eigenvalue weighted by atomic mass is 16.5. The van der Waals surface area contributed by atoms with Crippen LogP contribution >= 0.6 is 0 Å². The van der Waals surface area contributed by atoms with Gasteiger partial charge in [0.2, 0.25) is 11.8 Å². The lowest BCUT2D eigenvalue weighted by Crippen LogP contribution is -2.54. The molecule has 1 aromatic rings. The van der Waals surface area contributed by atoms with E-state index in [2.05, 4.69) is 27.2 Å². The number of nitrogens with one attached hydrogen (secondary N) is 1. The highest BCUT2D eigenvalue weighted by Crippen LogP contribution is 2.20. The molecule has 130 valence electrons. The third-order valence-corrected chi connectivity index (χ3v) is 4.56. The number of piperazine rings is 2. The average Bonchev–Trinajstić information content (AvgIpc) is 2.62. The van der Waals surface area contributed by atoms with Crippen LogP contribution in [0.3, 0.4) is 0 Å². The van der Waals surface area contributed by atoms with Gasteiger partial charge in [-0.2, -0.15) is 0 Å². The van der Waals surface area contributed by atoms with Crippen LogP contribution in [0.25, 0.3) is 0 Å². The normalized spacial score (nSPS) is 19.1. The van der Waals surface area contributed by atoms with E-state index in [0.717, 1.165) is 31.9 Å². The second kappa shape index (κ2) is 7.53. The maximum Gasteiger partial charge on any atom is 0.239 e. The van der Waals surface area contributed by atoms with Gasteiger partial charge in [0.05, 0.1) is 20.2 Å². The van der Waals surface area contributed by atoms with E-state index >= 15 is 0 Å². The summed E-state index contributed by atoms with van der Waals surface area (Å²) in [7, 11) is 1.66. The van der Waals surface area contributed by atoms with Crippen molar-refractivity contribution in [3.63, 3.8) is 0 Å². The molecule has 7 heteroatoms. The molecule has 1 aromatic carbocycles. The monoisotopic (exact) mass is 332 g/mol. The SMILES string of the molecule is COc1ccc(N2CCN(CC(=O)N3CCNC(=O)C3)CC2)cc1. The van der Waals surface area contributed by atoms with E-state index in [1.165, 1.54) is 5.69 Å². The molecule has 24 heavy (non-hydrogen) atoms. The van der Waals surface area contributed by atoms with Crippen molar-refractivity contribution in [1.29, 1.82) is 0 Å². The Hall–Kier alpha value is -2.28. The number of rotatable bonds is 4. The van der Waals surface area contributed by atoms with Gasteiger partial charge in [-0.1, -0.05) is 0 Å². The zero-order chi connectivity index (χ0) is 16.9. The fourth-order valence-electron chi connectivity index (χ4n) is 3.10. The first-order chi connectivity index (χ1) is 11.7. The number of ether oxygens (including phenoxy) is 1. The number of hydrogen-bond acceptors (Lipinski definition) is 5. The first-order valence-corrected chi connectivity index (χ1v) is 8.31. The number of carbonyl (C=O) groups excluding carboxylic acids is 2. The molecule has 0 aliphatic carbocycles. The summed E-state index contributed by atoms with van der Waals surface area (Å²) in [4.78, 5) is 29.8. The van der Waals surface area contributed by atoms with Gasteiger partial charge in [0.1, 0.15) is 5.75 Å². The molecule has 0 saturated carbocycles. The van der Waals surface area contributed by atoms with E-state index in [0.29, 0.717) is 19.6 Å². The Bertz CT molecular complexity index is 582. The second-order valence-electron chi connectivity index (χ2n) is 6.13. The molecule has 0 radical (unpaired) electrons. The molecule has 2 amide bonds. The molecule has 2 aliphatic heterocycles. The molecule has 2 fully saturated rings. The third-order valence-electron chi connectivity index (χ3n) is 4.56. The molecule has 2 aliphatic rings. The lowest BCUT2D eigenvalue weighted by atomic mass is 10.2. The van der Waals surface area contributed by atoms with Crippen LogP contribution < -0.4 is 15.0 Å². The molecule has 0 unspecified atom stereocenters. The van der Waals surface area contributed by atoms with Gasteiger partial charge in [-0.15, -0.1) is 0 Å². The maximum absolute atomic E-state index is 12.3. The summed E-state index contributed by atoms with van der Waals surface area (Å²) in [6.45, 7) is 5.20. The van der Waals surface area contributed by atoms with Gasteiger partial charge in [0.25, 0.3) is 0 Å². The van der Waals surface area contributed by atoms with Crippen molar-refractivity contribution in [3.8, 4) is 5.75 Å². The van der Waals surface area contributed by atoms with Gasteiger partial charge >= 0.3 is 0 Å². The lowest BCUT2D eigenvalue weighted by molar-refractivity contribution is -0.139. The molecule has 0 bridgehead atoms. The van der Waals surface area contributed by atoms with Crippen LogP contribution in [0.2, 0.25) is 0 Å². The lowest BCUT2D eigenvalue weighted by Gasteiger charge is -2.37. The van der Waals surface area contributed by atoms with Gasteiger partial charge in [-0.25, -0.2) is 0 Å². The van der Waals surface area contributed by atoms with Gasteiger partial charge < -0.3 is 19.9 Å². The van der Waals surface area contributed by atoms with Crippen LogP contribution in [0.1, 0.15) is 0 Å². The van der Waals surface area contributed by atoms with Crippen molar-refractivity contribution >= 4 is 17.5 Å². The molecular weight excluding hydrogens is 308 g/mol. The number of hydrogen-bond donors (Lipinski definition) is 1. The Labute approximate surface area is 142 Å². The first-order valence-electron chi connectivity index (χ1n) is 8.31. The van der Waals surface area contributed by atoms with Crippen molar-refractivity contribution in [2.24, 2.45) is 0 Å². The van der Waals surface area contributed by atoms with E-state index in [9.17, 15) is 9.59 Å². The highest BCUT2D eigenvalue weighted by Gasteiger charge is 2.25. The van der Waals surface area contributed by atoms with E-state index in [1.54, 1.807) is 12.0 Å². The second-order valence-corrected chi connectivity index (χ2v) is 6.13. The Morgan fingerprint density at radius 3 is 2.46 bits per heavy atom. The summed E-state index contributed by atoms with van der Waals surface area (Å²) in [5.74, 6) is 0.829. The highest BCUT2D eigenvalue weighted by molar-refractivity contribution is 5.86. The summed E-state index contributed by atoms with van der Waals surface area (Å²) in [5, 5.41) is 2.74. The smallest absolute Gasteiger partial charge is 0.239 e. The van der Waals surface area contributed by atoms with Gasteiger partial charge in [0.15, 0.2) is 0 Å². The molecule has 0 aromatic heterocycles. The minimum atomic E-state index is -0.0704. The minimum absolute atomic E-state index is 0.0442. The van der Waals surface area contributed by atoms with Crippen LogP contribution in [0.15, 0.2) is 24.3 Å². The molecule has 7 nitrogen and oxygen atoms in total. The zero-order valence-electron chi connectivity index (χ0n) is 14.0. The van der Waals surface area contributed by atoms with Crippen LogP contribution in [-0.2, 0) is 9.59 Å². The Kier molecular flexibility index (Phi) is 5.20. The van der Waals surface area contributed by atoms with Crippen molar-refractivity contribution < 1.29 is 14.3 Å². The fraction of sp³-hybridized carbons (Fsp3) is 0.529. The van der Waals surface area contributed by atoms with Crippen molar-refractivity contribution in [1.82, 2.24) is 15.1 Å². The van der Waals surface area contributed by atoms with Crippen LogP contribution in [0, 0.1) is 0 Å². The molecule has 2 saturated heterocycles. The quantitative estimate of drug-likeness (QED) is 0.826. The predicted octanol–water partition coefficient (Wildman–Crippen LogP) is -0.224. The Morgan fingerprint density at radius 2 is 1.83 bits per heavy atom. The minimum Gasteiger partial charge on any atom is -0.497 e. The first kappa shape index (κ1) is 16.6. The zero-order valence-corrected chi connectivity index (χ0v) is 14.0. The molecule has 0 atom stereocenters. The van der Waals surface area contributed by atoms with Crippen LogP contribution in [-0.4, -0.2) is 81.1 Å². The van der Waals surface area contributed by atoms with Crippen LogP contribution in [0.5, 0.6) is 5.75 Å². The number of benzene rings is 1. The van der Waals surface area contributed by atoms with Crippen molar-refractivity contribution in [2.45, 2.75) is 0 Å². The fourth-order valence-corrected chi connectivity index (χ4v) is 3.10. The van der Waals surface area contributed by atoms with Gasteiger partial charge in [-0.3, -0.25) is 14.5 Å². The summed E-state index contributed by atoms with van der Waals surface area (Å²) >= 11 is 0. The van der Waals surface area contributed by atoms with Crippen molar-refractivity contribution in [2.75, 3.05) is 64.4 Å². The maximum atomic E-state index is 12.3. The van der Waals surface area contributed by atoms with Gasteiger partial charge in [0, 0.05) is 45.0 Å². The number of anilines is 1. The topological polar surface area (TPSA) is 65.1 Å². The number of carbonyl (C=O) groups is 2. The molecule has 2 heterocycles. The number of amides is 2. The molecule has 0 spiro atoms. The molecular formula is C17H24N4O3. The van der Waals surface area contributed by atoms with Crippen molar-refractivity contribution in [3.05, 3.63) is 24.3 Å². The number of methoxy groups -OCH3 is 1. The van der Waals surface area contributed by atoms with E-state index in [-0.39, 0.29) is 18.4 Å².